The number of thioether (sulfide) groups is 1. The third-order valence-corrected chi connectivity index (χ3v) is 5.35. The summed E-state index contributed by atoms with van der Waals surface area (Å²) in [5.74, 6) is 1.38. The molecule has 6 nitrogen and oxygen atoms in total. The van der Waals surface area contributed by atoms with Gasteiger partial charge >= 0.3 is 0 Å². The van der Waals surface area contributed by atoms with Crippen LogP contribution in [-0.4, -0.2) is 27.7 Å². The fourth-order valence-electron chi connectivity index (χ4n) is 2.81. The molecule has 0 N–H and O–H groups in total. The summed E-state index contributed by atoms with van der Waals surface area (Å²) in [5.41, 5.74) is 1.71. The zero-order valence-electron chi connectivity index (χ0n) is 15.5. The van der Waals surface area contributed by atoms with Gasteiger partial charge in [-0.15, -0.1) is 0 Å². The van der Waals surface area contributed by atoms with Crippen LogP contribution >= 0.6 is 11.8 Å². The average molecular weight is 393 g/mol. The molecule has 2 aromatic heterocycles. The number of aryl methyl sites for hydroxylation is 1. The van der Waals surface area contributed by atoms with Crippen molar-refractivity contribution in [2.45, 2.75) is 6.54 Å². The van der Waals surface area contributed by atoms with E-state index in [4.69, 9.17) is 9.15 Å². The number of amidine groups is 1. The lowest BCUT2D eigenvalue weighted by molar-refractivity contribution is -0.122. The van der Waals surface area contributed by atoms with E-state index in [1.54, 1.807) is 18.3 Å². The Morgan fingerprint density at radius 1 is 1.18 bits per heavy atom. The van der Waals surface area contributed by atoms with Gasteiger partial charge in [-0.1, -0.05) is 0 Å². The van der Waals surface area contributed by atoms with Gasteiger partial charge in [-0.3, -0.25) is 9.69 Å². The quantitative estimate of drug-likeness (QED) is 0.602. The van der Waals surface area contributed by atoms with Gasteiger partial charge in [-0.25, -0.2) is 4.99 Å². The van der Waals surface area contributed by atoms with Crippen molar-refractivity contribution < 1.29 is 13.9 Å². The van der Waals surface area contributed by atoms with Crippen molar-refractivity contribution in [3.05, 3.63) is 77.4 Å². The minimum atomic E-state index is -0.0881. The smallest absolute Gasteiger partial charge is 0.267 e. The van der Waals surface area contributed by atoms with Crippen molar-refractivity contribution in [2.75, 3.05) is 7.11 Å². The maximum absolute atomic E-state index is 13.1. The van der Waals surface area contributed by atoms with Crippen LogP contribution < -0.4 is 4.74 Å². The van der Waals surface area contributed by atoms with Crippen LogP contribution in [0.25, 0.3) is 6.08 Å². The second-order valence-corrected chi connectivity index (χ2v) is 7.23. The topological polar surface area (TPSA) is 60.0 Å². The van der Waals surface area contributed by atoms with Gasteiger partial charge in [0.1, 0.15) is 11.5 Å². The third kappa shape index (κ3) is 3.75. The van der Waals surface area contributed by atoms with E-state index in [0.717, 1.165) is 17.1 Å². The second-order valence-electron chi connectivity index (χ2n) is 6.22. The van der Waals surface area contributed by atoms with Crippen molar-refractivity contribution in [1.29, 1.82) is 0 Å². The lowest BCUT2D eigenvalue weighted by Gasteiger charge is -2.13. The molecule has 0 aliphatic carbocycles. The summed E-state index contributed by atoms with van der Waals surface area (Å²) in [7, 11) is 3.57. The summed E-state index contributed by atoms with van der Waals surface area (Å²) in [4.78, 5) is 20.0. The first-order valence-electron chi connectivity index (χ1n) is 8.72. The van der Waals surface area contributed by atoms with Crippen molar-refractivity contribution in [3.63, 3.8) is 0 Å². The minimum Gasteiger partial charge on any atom is -0.497 e. The van der Waals surface area contributed by atoms with E-state index in [1.807, 2.05) is 72.4 Å². The molecule has 142 valence electrons. The molecule has 1 saturated heterocycles. The molecule has 0 bridgehead atoms. The summed E-state index contributed by atoms with van der Waals surface area (Å²) in [6.45, 7) is 0.332. The van der Waals surface area contributed by atoms with Gasteiger partial charge in [0, 0.05) is 18.9 Å². The van der Waals surface area contributed by atoms with Crippen LogP contribution in [-0.2, 0) is 18.4 Å². The Labute approximate surface area is 167 Å². The molecule has 7 heteroatoms. The number of carbonyl (C=O) groups is 1. The number of ether oxygens (including phenoxy) is 1. The molecule has 1 aliphatic rings. The van der Waals surface area contributed by atoms with Gasteiger partial charge in [-0.05, 0) is 66.4 Å². The normalized spacial score (nSPS) is 17.1. The molecule has 1 aliphatic heterocycles. The molecule has 1 aromatic carbocycles. The van der Waals surface area contributed by atoms with E-state index < -0.39 is 0 Å². The molecule has 0 atom stereocenters. The van der Waals surface area contributed by atoms with E-state index in [-0.39, 0.29) is 5.91 Å². The fraction of sp³-hybridized carbons (Fsp3) is 0.143. The Balaban J connectivity index is 1.68. The van der Waals surface area contributed by atoms with Crippen molar-refractivity contribution in [3.8, 4) is 5.75 Å². The van der Waals surface area contributed by atoms with Crippen molar-refractivity contribution >= 4 is 34.6 Å². The number of benzene rings is 1. The highest BCUT2D eigenvalue weighted by atomic mass is 32.2. The van der Waals surface area contributed by atoms with Gasteiger partial charge in [0.05, 0.1) is 30.5 Å². The van der Waals surface area contributed by atoms with E-state index in [1.165, 1.54) is 11.8 Å². The van der Waals surface area contributed by atoms with E-state index in [0.29, 0.717) is 22.4 Å². The Morgan fingerprint density at radius 3 is 2.64 bits per heavy atom. The van der Waals surface area contributed by atoms with Crippen LogP contribution in [0.15, 0.2) is 75.3 Å². The highest BCUT2D eigenvalue weighted by Gasteiger charge is 2.34. The average Bonchev–Trinajstić information content (AvgIpc) is 3.42. The molecule has 3 heterocycles. The zero-order chi connectivity index (χ0) is 19.5. The predicted octanol–water partition coefficient (Wildman–Crippen LogP) is 4.43. The second kappa shape index (κ2) is 7.82. The van der Waals surface area contributed by atoms with Gasteiger partial charge in [0.25, 0.3) is 5.91 Å². The molecule has 0 saturated carbocycles. The Kier molecular flexibility index (Phi) is 5.08. The van der Waals surface area contributed by atoms with Gasteiger partial charge < -0.3 is 13.7 Å². The van der Waals surface area contributed by atoms with Crippen molar-refractivity contribution in [2.24, 2.45) is 12.0 Å². The van der Waals surface area contributed by atoms with Gasteiger partial charge in [-0.2, -0.15) is 0 Å². The molecular formula is C21H19N3O3S. The predicted molar refractivity (Wildman–Crippen MR) is 110 cm³/mol. The van der Waals surface area contributed by atoms with Crippen LogP contribution in [0.1, 0.15) is 11.5 Å². The Morgan fingerprint density at radius 2 is 2.00 bits per heavy atom. The van der Waals surface area contributed by atoms with Crippen LogP contribution in [0.5, 0.6) is 5.75 Å². The lowest BCUT2D eigenvalue weighted by atomic mass is 10.3. The summed E-state index contributed by atoms with van der Waals surface area (Å²) in [5, 5.41) is 0.618. The largest absolute Gasteiger partial charge is 0.497 e. The number of hydrogen-bond donors (Lipinski definition) is 0. The molecule has 4 rings (SSSR count). The molecule has 1 fully saturated rings. The number of rotatable bonds is 5. The molecule has 0 spiro atoms. The van der Waals surface area contributed by atoms with E-state index in [9.17, 15) is 4.79 Å². The minimum absolute atomic E-state index is 0.0881. The summed E-state index contributed by atoms with van der Waals surface area (Å²) < 4.78 is 12.6. The van der Waals surface area contributed by atoms with E-state index >= 15 is 0 Å². The number of furan rings is 1. The molecular weight excluding hydrogens is 374 g/mol. The molecule has 0 unspecified atom stereocenters. The first-order chi connectivity index (χ1) is 13.6. The summed E-state index contributed by atoms with van der Waals surface area (Å²) >= 11 is 1.36. The number of methoxy groups -OCH3 is 1. The fourth-order valence-corrected chi connectivity index (χ4v) is 3.80. The first kappa shape index (κ1) is 18.2. The molecule has 3 aromatic rings. The highest BCUT2D eigenvalue weighted by molar-refractivity contribution is 8.18. The standard InChI is InChI=1S/C21H19N3O3S/c1-23-11-3-5-16(23)13-19-20(25)24(14-18-6-4-12-27-18)21(28-19)22-15-7-9-17(26-2)10-8-15/h3-13H,14H2,1-2H3/b19-13-,22-21?. The van der Waals surface area contributed by atoms with Crippen LogP contribution in [0.2, 0.25) is 0 Å². The monoisotopic (exact) mass is 393 g/mol. The number of nitrogens with zero attached hydrogens (tertiary/aromatic N) is 3. The Bertz CT molecular complexity index is 1030. The van der Waals surface area contributed by atoms with Gasteiger partial charge in [0.2, 0.25) is 0 Å². The van der Waals surface area contributed by atoms with Crippen LogP contribution in [0.3, 0.4) is 0 Å². The first-order valence-corrected chi connectivity index (χ1v) is 9.53. The highest BCUT2D eigenvalue weighted by Crippen LogP contribution is 2.35. The lowest BCUT2D eigenvalue weighted by Crippen LogP contribution is -2.28. The van der Waals surface area contributed by atoms with Gasteiger partial charge in [0.15, 0.2) is 5.17 Å². The third-order valence-electron chi connectivity index (χ3n) is 4.34. The zero-order valence-corrected chi connectivity index (χ0v) is 16.3. The van der Waals surface area contributed by atoms with Crippen molar-refractivity contribution in [1.82, 2.24) is 9.47 Å². The van der Waals surface area contributed by atoms with E-state index in [2.05, 4.69) is 4.99 Å². The molecule has 0 radical (unpaired) electrons. The summed E-state index contributed by atoms with van der Waals surface area (Å²) in [6.07, 6.45) is 5.44. The summed E-state index contributed by atoms with van der Waals surface area (Å²) in [6, 6.07) is 15.0. The van der Waals surface area contributed by atoms with Crippen LogP contribution in [0.4, 0.5) is 5.69 Å². The van der Waals surface area contributed by atoms with Crippen LogP contribution in [0, 0.1) is 0 Å². The molecule has 1 amide bonds. The number of aliphatic imine (C=N–C) groups is 1. The Hall–Kier alpha value is -3.19. The number of hydrogen-bond acceptors (Lipinski definition) is 5. The maximum atomic E-state index is 13.1. The number of carbonyl (C=O) groups excluding carboxylic acids is 1. The SMILES string of the molecule is COc1ccc(N=C2S/C(=C\c3cccn3C)C(=O)N2Cc2ccco2)cc1. The maximum Gasteiger partial charge on any atom is 0.267 e. The number of amides is 1. The number of aromatic nitrogens is 1. The molecule has 28 heavy (non-hydrogen) atoms.